The predicted octanol–water partition coefficient (Wildman–Crippen LogP) is 3.89. The highest BCUT2D eigenvalue weighted by atomic mass is 35.5. The molecule has 1 atom stereocenters. The highest BCUT2D eigenvalue weighted by Gasteiger charge is 2.11. The lowest BCUT2D eigenvalue weighted by Crippen LogP contribution is -2.18. The van der Waals surface area contributed by atoms with Gasteiger partial charge < -0.3 is 4.74 Å². The van der Waals surface area contributed by atoms with E-state index in [1.807, 2.05) is 54.6 Å². The Hall–Kier alpha value is -1.80. The molecule has 0 saturated carbocycles. The minimum Gasteiger partial charge on any atom is -0.482 e. The van der Waals surface area contributed by atoms with Crippen LogP contribution in [0.3, 0.4) is 0 Å². The fraction of sp³-hybridized carbons (Fsp3) is 0.133. The standard InChI is InChI=1S/C15H13ClO2/c1-11(15(16)17)18-14-9-7-13(8-10-14)12-5-3-2-4-6-12/h2-11H,1H3/t11-/m0/s1. The average molecular weight is 261 g/mol. The van der Waals surface area contributed by atoms with E-state index >= 15 is 0 Å². The van der Waals surface area contributed by atoms with Crippen LogP contribution in [0.25, 0.3) is 11.1 Å². The Balaban J connectivity index is 2.13. The van der Waals surface area contributed by atoms with Gasteiger partial charge in [0.05, 0.1) is 0 Å². The fourth-order valence-corrected chi connectivity index (χ4v) is 1.65. The quantitative estimate of drug-likeness (QED) is 0.780. The van der Waals surface area contributed by atoms with Gasteiger partial charge in [0.15, 0.2) is 6.10 Å². The summed E-state index contributed by atoms with van der Waals surface area (Å²) in [5, 5.41) is -0.498. The van der Waals surface area contributed by atoms with Crippen molar-refractivity contribution in [3.8, 4) is 16.9 Å². The van der Waals surface area contributed by atoms with Crippen LogP contribution in [0.15, 0.2) is 54.6 Å². The van der Waals surface area contributed by atoms with Crippen molar-refractivity contribution in [3.63, 3.8) is 0 Å². The van der Waals surface area contributed by atoms with Crippen LogP contribution in [-0.2, 0) is 4.79 Å². The van der Waals surface area contributed by atoms with Crippen molar-refractivity contribution in [3.05, 3.63) is 54.6 Å². The van der Waals surface area contributed by atoms with Crippen LogP contribution in [0.2, 0.25) is 0 Å². The molecule has 2 aromatic carbocycles. The summed E-state index contributed by atoms with van der Waals surface area (Å²) in [6.45, 7) is 1.63. The summed E-state index contributed by atoms with van der Waals surface area (Å²) in [5.41, 5.74) is 2.25. The molecule has 0 aliphatic carbocycles. The van der Waals surface area contributed by atoms with E-state index in [0.717, 1.165) is 11.1 Å². The monoisotopic (exact) mass is 260 g/mol. The Bertz CT molecular complexity index is 520. The topological polar surface area (TPSA) is 26.3 Å². The molecule has 2 rings (SSSR count). The normalized spacial score (nSPS) is 11.9. The highest BCUT2D eigenvalue weighted by Crippen LogP contribution is 2.22. The van der Waals surface area contributed by atoms with Gasteiger partial charge in [-0.3, -0.25) is 4.79 Å². The van der Waals surface area contributed by atoms with Gasteiger partial charge in [0.25, 0.3) is 5.24 Å². The predicted molar refractivity (Wildman–Crippen MR) is 72.8 cm³/mol. The van der Waals surface area contributed by atoms with E-state index in [2.05, 4.69) is 0 Å². The lowest BCUT2D eigenvalue weighted by Gasteiger charge is -2.10. The summed E-state index contributed by atoms with van der Waals surface area (Å²) in [6, 6.07) is 17.6. The lowest BCUT2D eigenvalue weighted by atomic mass is 10.1. The molecule has 0 bridgehead atoms. The van der Waals surface area contributed by atoms with Crippen molar-refractivity contribution >= 4 is 16.8 Å². The Morgan fingerprint density at radius 3 is 2.11 bits per heavy atom. The van der Waals surface area contributed by atoms with Crippen LogP contribution in [-0.4, -0.2) is 11.3 Å². The second-order valence-electron chi connectivity index (χ2n) is 3.95. The van der Waals surface area contributed by atoms with Crippen molar-refractivity contribution < 1.29 is 9.53 Å². The third-order valence-corrected chi connectivity index (χ3v) is 2.90. The summed E-state index contributed by atoms with van der Waals surface area (Å²) in [7, 11) is 0. The van der Waals surface area contributed by atoms with Crippen LogP contribution < -0.4 is 4.74 Å². The molecule has 0 amide bonds. The number of halogens is 1. The number of carbonyl (C=O) groups is 1. The van der Waals surface area contributed by atoms with Gasteiger partial charge in [0.1, 0.15) is 5.75 Å². The first kappa shape index (κ1) is 12.7. The van der Waals surface area contributed by atoms with Gasteiger partial charge in [-0.2, -0.15) is 0 Å². The van der Waals surface area contributed by atoms with Crippen molar-refractivity contribution in [2.24, 2.45) is 0 Å². The largest absolute Gasteiger partial charge is 0.482 e. The van der Waals surface area contributed by atoms with Gasteiger partial charge in [-0.15, -0.1) is 0 Å². The van der Waals surface area contributed by atoms with Crippen molar-refractivity contribution in [2.45, 2.75) is 13.0 Å². The molecule has 0 unspecified atom stereocenters. The molecule has 0 spiro atoms. The van der Waals surface area contributed by atoms with Gasteiger partial charge in [0, 0.05) is 0 Å². The number of hydrogen-bond donors (Lipinski definition) is 0. The molecule has 2 nitrogen and oxygen atoms in total. The van der Waals surface area contributed by atoms with Crippen LogP contribution >= 0.6 is 11.6 Å². The molecule has 0 radical (unpaired) electrons. The van der Waals surface area contributed by atoms with E-state index in [9.17, 15) is 4.79 Å². The second-order valence-corrected chi connectivity index (χ2v) is 4.33. The SMILES string of the molecule is C[C@H](Oc1ccc(-c2ccccc2)cc1)C(=O)Cl. The first-order valence-electron chi connectivity index (χ1n) is 5.68. The number of benzene rings is 2. The average Bonchev–Trinajstić information content (AvgIpc) is 2.40. The molecule has 0 saturated heterocycles. The maximum atomic E-state index is 10.9. The molecule has 0 N–H and O–H groups in total. The Labute approximate surface area is 111 Å². The lowest BCUT2D eigenvalue weighted by molar-refractivity contribution is -0.117. The van der Waals surface area contributed by atoms with E-state index in [1.54, 1.807) is 6.92 Å². The molecule has 18 heavy (non-hydrogen) atoms. The smallest absolute Gasteiger partial charge is 0.262 e. The number of hydrogen-bond acceptors (Lipinski definition) is 2. The van der Waals surface area contributed by atoms with Crippen LogP contribution in [0.1, 0.15) is 6.92 Å². The van der Waals surface area contributed by atoms with Crippen LogP contribution in [0, 0.1) is 0 Å². The zero-order valence-corrected chi connectivity index (χ0v) is 10.7. The molecule has 0 aliphatic heterocycles. The van der Waals surface area contributed by atoms with Gasteiger partial charge in [-0.1, -0.05) is 42.5 Å². The van der Waals surface area contributed by atoms with E-state index in [4.69, 9.17) is 16.3 Å². The van der Waals surface area contributed by atoms with E-state index in [-0.39, 0.29) is 0 Å². The third-order valence-electron chi connectivity index (χ3n) is 2.59. The van der Waals surface area contributed by atoms with E-state index in [0.29, 0.717) is 5.75 Å². The Kier molecular flexibility index (Phi) is 4.00. The van der Waals surface area contributed by atoms with Gasteiger partial charge in [-0.05, 0) is 41.8 Å². The number of rotatable bonds is 4. The third kappa shape index (κ3) is 3.11. The molecule has 3 heteroatoms. The Morgan fingerprint density at radius 2 is 1.56 bits per heavy atom. The molecule has 0 fully saturated rings. The number of carbonyl (C=O) groups excluding carboxylic acids is 1. The minimum absolute atomic E-state index is 0.498. The Morgan fingerprint density at radius 1 is 1.00 bits per heavy atom. The zero-order valence-electron chi connectivity index (χ0n) is 9.97. The van der Waals surface area contributed by atoms with Gasteiger partial charge >= 0.3 is 0 Å². The highest BCUT2D eigenvalue weighted by molar-refractivity contribution is 6.64. The summed E-state index contributed by atoms with van der Waals surface area (Å²) in [5.74, 6) is 0.635. The minimum atomic E-state index is -0.630. The van der Waals surface area contributed by atoms with Crippen molar-refractivity contribution in [1.82, 2.24) is 0 Å². The fourth-order valence-electron chi connectivity index (χ4n) is 1.61. The van der Waals surface area contributed by atoms with E-state index in [1.165, 1.54) is 0 Å². The maximum Gasteiger partial charge on any atom is 0.262 e. The molecule has 0 aliphatic rings. The molecular formula is C15H13ClO2. The van der Waals surface area contributed by atoms with Crippen molar-refractivity contribution in [2.75, 3.05) is 0 Å². The maximum absolute atomic E-state index is 10.9. The molecular weight excluding hydrogens is 248 g/mol. The molecule has 0 heterocycles. The first-order chi connectivity index (χ1) is 8.66. The van der Waals surface area contributed by atoms with Crippen molar-refractivity contribution in [1.29, 1.82) is 0 Å². The molecule has 0 aromatic heterocycles. The van der Waals surface area contributed by atoms with Crippen LogP contribution in [0.5, 0.6) is 5.75 Å². The summed E-state index contributed by atoms with van der Waals surface area (Å²) < 4.78 is 5.39. The summed E-state index contributed by atoms with van der Waals surface area (Å²) >= 11 is 5.34. The summed E-state index contributed by atoms with van der Waals surface area (Å²) in [6.07, 6.45) is -0.630. The van der Waals surface area contributed by atoms with Gasteiger partial charge in [-0.25, -0.2) is 0 Å². The molecule has 92 valence electrons. The zero-order chi connectivity index (χ0) is 13.0. The summed E-state index contributed by atoms with van der Waals surface area (Å²) in [4.78, 5) is 10.9. The second kappa shape index (κ2) is 5.69. The van der Waals surface area contributed by atoms with Gasteiger partial charge in [0.2, 0.25) is 0 Å². The van der Waals surface area contributed by atoms with E-state index < -0.39 is 11.3 Å². The number of ether oxygens (including phenoxy) is 1. The van der Waals surface area contributed by atoms with Crippen LogP contribution in [0.4, 0.5) is 0 Å². The first-order valence-corrected chi connectivity index (χ1v) is 6.06. The molecule has 2 aromatic rings.